The lowest BCUT2D eigenvalue weighted by molar-refractivity contribution is -0.129. The quantitative estimate of drug-likeness (QED) is 0.722. The van der Waals surface area contributed by atoms with Gasteiger partial charge in [0.05, 0.1) is 19.3 Å². The van der Waals surface area contributed by atoms with Crippen molar-refractivity contribution in [1.29, 1.82) is 0 Å². The zero-order chi connectivity index (χ0) is 13.0. The topological polar surface area (TPSA) is 59.0 Å². The Hall–Kier alpha value is -0.490. The van der Waals surface area contributed by atoms with Crippen LogP contribution in [0.5, 0.6) is 0 Å². The second kappa shape index (κ2) is 6.10. The first-order valence-electron chi connectivity index (χ1n) is 6.70. The monoisotopic (exact) mass is 257 g/mol. The smallest absolute Gasteiger partial charge is 0.127 e. The van der Waals surface area contributed by atoms with Gasteiger partial charge in [0.2, 0.25) is 0 Å². The van der Waals surface area contributed by atoms with E-state index in [-0.39, 0.29) is 18.1 Å². The molecule has 0 radical (unpaired) electrons. The van der Waals surface area contributed by atoms with E-state index in [9.17, 15) is 9.90 Å². The van der Waals surface area contributed by atoms with Crippen LogP contribution in [0.3, 0.4) is 0 Å². The first kappa shape index (κ1) is 13.9. The van der Waals surface area contributed by atoms with E-state index in [1.807, 2.05) is 0 Å². The van der Waals surface area contributed by atoms with E-state index < -0.39 is 0 Å². The first-order chi connectivity index (χ1) is 8.69. The number of morpholine rings is 1. The number of ether oxygens (including phenoxy) is 2. The maximum Gasteiger partial charge on any atom is 0.127 e. The predicted octanol–water partition coefficient (Wildman–Crippen LogP) is 0.0637. The number of carbonyl (C=O) groups is 1. The molecule has 0 saturated carbocycles. The fourth-order valence-electron chi connectivity index (χ4n) is 2.70. The summed E-state index contributed by atoms with van der Waals surface area (Å²) in [5.41, 5.74) is -0.274. The van der Waals surface area contributed by atoms with Crippen molar-refractivity contribution in [3.8, 4) is 0 Å². The SMILES string of the molecule is CC1COC(CO)CN1CC1(C=O)CCOCC1. The Labute approximate surface area is 108 Å². The molecule has 104 valence electrons. The summed E-state index contributed by atoms with van der Waals surface area (Å²) < 4.78 is 10.9. The lowest BCUT2D eigenvalue weighted by Gasteiger charge is -2.43. The fourth-order valence-corrected chi connectivity index (χ4v) is 2.70. The standard InChI is InChI=1S/C13H23NO4/c1-11-8-18-12(7-15)6-14(11)9-13(10-16)2-4-17-5-3-13/h10-12,15H,2-9H2,1H3. The summed E-state index contributed by atoms with van der Waals surface area (Å²) in [4.78, 5) is 13.7. The molecule has 2 rings (SSSR count). The van der Waals surface area contributed by atoms with E-state index in [0.717, 1.165) is 25.7 Å². The van der Waals surface area contributed by atoms with Gasteiger partial charge in [0, 0.05) is 37.8 Å². The summed E-state index contributed by atoms with van der Waals surface area (Å²) in [6.07, 6.45) is 2.57. The lowest BCUT2D eigenvalue weighted by atomic mass is 9.81. The van der Waals surface area contributed by atoms with Crippen LogP contribution in [0, 0.1) is 5.41 Å². The Balaban J connectivity index is 1.98. The van der Waals surface area contributed by atoms with Crippen molar-refractivity contribution in [3.05, 3.63) is 0 Å². The average Bonchev–Trinajstić information content (AvgIpc) is 2.42. The molecule has 2 aliphatic rings. The highest BCUT2D eigenvalue weighted by atomic mass is 16.5. The van der Waals surface area contributed by atoms with Gasteiger partial charge in [-0.2, -0.15) is 0 Å². The third kappa shape index (κ3) is 3.09. The maximum atomic E-state index is 11.5. The van der Waals surface area contributed by atoms with E-state index in [1.165, 1.54) is 0 Å². The highest BCUT2D eigenvalue weighted by Crippen LogP contribution is 2.30. The van der Waals surface area contributed by atoms with E-state index in [1.54, 1.807) is 0 Å². The van der Waals surface area contributed by atoms with Crippen molar-refractivity contribution in [2.24, 2.45) is 5.41 Å². The third-order valence-corrected chi connectivity index (χ3v) is 4.09. The number of aliphatic hydroxyl groups excluding tert-OH is 1. The van der Waals surface area contributed by atoms with Crippen LogP contribution in [0.25, 0.3) is 0 Å². The normalized spacial score (nSPS) is 33.2. The van der Waals surface area contributed by atoms with Gasteiger partial charge in [-0.15, -0.1) is 0 Å². The Morgan fingerprint density at radius 1 is 1.44 bits per heavy atom. The molecule has 0 aliphatic carbocycles. The van der Waals surface area contributed by atoms with Crippen LogP contribution >= 0.6 is 0 Å². The number of hydrogen-bond donors (Lipinski definition) is 1. The molecular weight excluding hydrogens is 234 g/mol. The van der Waals surface area contributed by atoms with Crippen LogP contribution in [0.1, 0.15) is 19.8 Å². The van der Waals surface area contributed by atoms with Gasteiger partial charge in [0.25, 0.3) is 0 Å². The van der Waals surface area contributed by atoms with Crippen molar-refractivity contribution in [3.63, 3.8) is 0 Å². The van der Waals surface area contributed by atoms with Gasteiger partial charge in [-0.1, -0.05) is 0 Å². The first-order valence-corrected chi connectivity index (χ1v) is 6.70. The van der Waals surface area contributed by atoms with Crippen molar-refractivity contribution >= 4 is 6.29 Å². The summed E-state index contributed by atoms with van der Waals surface area (Å²) in [6.45, 7) is 5.55. The minimum absolute atomic E-state index is 0.0421. The van der Waals surface area contributed by atoms with Crippen molar-refractivity contribution in [2.75, 3.05) is 39.5 Å². The molecule has 2 atom stereocenters. The molecule has 5 nitrogen and oxygen atoms in total. The van der Waals surface area contributed by atoms with E-state index in [4.69, 9.17) is 9.47 Å². The Bertz CT molecular complexity index is 278. The summed E-state index contributed by atoms with van der Waals surface area (Å²) in [5.74, 6) is 0. The van der Waals surface area contributed by atoms with Crippen LogP contribution in [0.2, 0.25) is 0 Å². The minimum atomic E-state index is -0.274. The zero-order valence-electron chi connectivity index (χ0n) is 11.0. The van der Waals surface area contributed by atoms with Crippen LogP contribution in [-0.2, 0) is 14.3 Å². The van der Waals surface area contributed by atoms with Gasteiger partial charge >= 0.3 is 0 Å². The van der Waals surface area contributed by atoms with Crippen LogP contribution in [0.15, 0.2) is 0 Å². The van der Waals surface area contributed by atoms with Crippen molar-refractivity contribution < 1.29 is 19.4 Å². The molecule has 0 spiro atoms. The Morgan fingerprint density at radius 2 is 2.17 bits per heavy atom. The molecule has 2 saturated heterocycles. The second-order valence-corrected chi connectivity index (χ2v) is 5.51. The molecule has 1 N–H and O–H groups in total. The molecular formula is C13H23NO4. The molecule has 2 fully saturated rings. The van der Waals surface area contributed by atoms with Gasteiger partial charge in [0.15, 0.2) is 0 Å². The molecule has 2 aliphatic heterocycles. The van der Waals surface area contributed by atoms with Crippen molar-refractivity contribution in [2.45, 2.75) is 31.9 Å². The van der Waals surface area contributed by atoms with E-state index in [0.29, 0.717) is 32.4 Å². The van der Waals surface area contributed by atoms with Gasteiger partial charge in [-0.3, -0.25) is 4.90 Å². The largest absolute Gasteiger partial charge is 0.394 e. The number of hydrogen-bond acceptors (Lipinski definition) is 5. The third-order valence-electron chi connectivity index (χ3n) is 4.09. The minimum Gasteiger partial charge on any atom is -0.394 e. The molecule has 5 heteroatoms. The molecule has 0 bridgehead atoms. The average molecular weight is 257 g/mol. The second-order valence-electron chi connectivity index (χ2n) is 5.51. The molecule has 0 aromatic rings. The Morgan fingerprint density at radius 3 is 2.78 bits per heavy atom. The summed E-state index contributed by atoms with van der Waals surface area (Å²) in [6, 6.07) is 0.299. The van der Waals surface area contributed by atoms with Crippen LogP contribution in [-0.4, -0.2) is 68.0 Å². The summed E-state index contributed by atoms with van der Waals surface area (Å²) >= 11 is 0. The van der Waals surface area contributed by atoms with Gasteiger partial charge in [-0.05, 0) is 19.8 Å². The number of aliphatic hydroxyl groups is 1. The molecule has 0 aromatic heterocycles. The molecule has 0 amide bonds. The van der Waals surface area contributed by atoms with Crippen LogP contribution < -0.4 is 0 Å². The Kier molecular flexibility index (Phi) is 4.72. The molecule has 0 aromatic carbocycles. The van der Waals surface area contributed by atoms with Gasteiger partial charge in [-0.25, -0.2) is 0 Å². The number of rotatable bonds is 4. The highest BCUT2D eigenvalue weighted by molar-refractivity contribution is 5.60. The number of carbonyl (C=O) groups excluding carboxylic acids is 1. The molecule has 18 heavy (non-hydrogen) atoms. The van der Waals surface area contributed by atoms with E-state index in [2.05, 4.69) is 11.8 Å². The van der Waals surface area contributed by atoms with E-state index >= 15 is 0 Å². The fraction of sp³-hybridized carbons (Fsp3) is 0.923. The predicted molar refractivity (Wildman–Crippen MR) is 66.4 cm³/mol. The van der Waals surface area contributed by atoms with Crippen molar-refractivity contribution in [1.82, 2.24) is 4.90 Å². The summed E-state index contributed by atoms with van der Waals surface area (Å²) in [5, 5.41) is 9.18. The van der Waals surface area contributed by atoms with Crippen LogP contribution in [0.4, 0.5) is 0 Å². The van der Waals surface area contributed by atoms with Gasteiger partial charge in [0.1, 0.15) is 6.29 Å². The zero-order valence-corrected chi connectivity index (χ0v) is 11.0. The maximum absolute atomic E-state index is 11.5. The summed E-state index contributed by atoms with van der Waals surface area (Å²) in [7, 11) is 0. The number of aldehydes is 1. The van der Waals surface area contributed by atoms with Gasteiger partial charge < -0.3 is 19.4 Å². The molecule has 2 heterocycles. The highest BCUT2D eigenvalue weighted by Gasteiger charge is 2.37. The molecule has 2 unspecified atom stereocenters. The lowest BCUT2D eigenvalue weighted by Crippen LogP contribution is -2.54. The number of nitrogens with zero attached hydrogens (tertiary/aromatic N) is 1.